The van der Waals surface area contributed by atoms with Gasteiger partial charge in [0.15, 0.2) is 0 Å². The lowest BCUT2D eigenvalue weighted by Gasteiger charge is -2.22. The molecule has 2 saturated carbocycles. The number of hydrogen-bond acceptors (Lipinski definition) is 2. The number of aliphatic imine (C=N–C) groups is 1. The fourth-order valence-electron chi connectivity index (χ4n) is 4.13. The second-order valence-corrected chi connectivity index (χ2v) is 7.84. The van der Waals surface area contributed by atoms with Crippen LogP contribution in [0.2, 0.25) is 0 Å². The van der Waals surface area contributed by atoms with Crippen LogP contribution in [0.1, 0.15) is 96.8 Å². The molecule has 0 bridgehead atoms. The summed E-state index contributed by atoms with van der Waals surface area (Å²) >= 11 is 0. The van der Waals surface area contributed by atoms with Crippen molar-refractivity contribution >= 4 is 5.71 Å². The zero-order chi connectivity index (χ0) is 17.0. The van der Waals surface area contributed by atoms with Crippen LogP contribution < -0.4 is 5.32 Å². The molecule has 24 heavy (non-hydrogen) atoms. The van der Waals surface area contributed by atoms with Crippen LogP contribution in [-0.4, -0.2) is 11.8 Å². The predicted molar refractivity (Wildman–Crippen MR) is 106 cm³/mol. The third kappa shape index (κ3) is 7.68. The van der Waals surface area contributed by atoms with Crippen LogP contribution in [-0.2, 0) is 0 Å². The van der Waals surface area contributed by atoms with Crippen molar-refractivity contribution in [2.45, 2.75) is 103 Å². The Hall–Kier alpha value is -1.05. The molecular formula is C22H38N2. The molecule has 2 aliphatic rings. The molecule has 0 unspecified atom stereocenters. The Balaban J connectivity index is 1.76. The van der Waals surface area contributed by atoms with Crippen LogP contribution in [0.25, 0.3) is 0 Å². The maximum absolute atomic E-state index is 4.72. The first-order chi connectivity index (χ1) is 11.8. The number of allylic oxidation sites excluding steroid dienone is 1. The molecule has 0 spiro atoms. The fraction of sp³-hybridized carbons (Fsp3) is 0.773. The third-order valence-electron chi connectivity index (χ3n) is 5.74. The van der Waals surface area contributed by atoms with Crippen molar-refractivity contribution in [3.8, 4) is 0 Å². The van der Waals surface area contributed by atoms with Gasteiger partial charge in [0.2, 0.25) is 0 Å². The van der Waals surface area contributed by atoms with E-state index in [1.54, 1.807) is 0 Å². The summed E-state index contributed by atoms with van der Waals surface area (Å²) in [5.74, 6) is 0.696. The van der Waals surface area contributed by atoms with E-state index in [2.05, 4.69) is 24.9 Å². The molecule has 0 heterocycles. The molecule has 0 radical (unpaired) electrons. The topological polar surface area (TPSA) is 24.4 Å². The molecule has 2 nitrogen and oxygen atoms in total. The lowest BCUT2D eigenvalue weighted by Crippen LogP contribution is -2.28. The minimum Gasteiger partial charge on any atom is -0.383 e. The molecule has 0 aromatic rings. The van der Waals surface area contributed by atoms with Crippen molar-refractivity contribution < 1.29 is 0 Å². The van der Waals surface area contributed by atoms with Gasteiger partial charge in [-0.3, -0.25) is 4.99 Å². The van der Waals surface area contributed by atoms with Gasteiger partial charge in [-0.25, -0.2) is 0 Å². The van der Waals surface area contributed by atoms with E-state index in [4.69, 9.17) is 4.99 Å². The maximum Gasteiger partial charge on any atom is 0.0287 e. The van der Waals surface area contributed by atoms with Gasteiger partial charge in [-0.2, -0.15) is 0 Å². The molecule has 0 aromatic carbocycles. The van der Waals surface area contributed by atoms with Crippen molar-refractivity contribution in [3.63, 3.8) is 0 Å². The van der Waals surface area contributed by atoms with Crippen molar-refractivity contribution in [3.05, 3.63) is 24.6 Å². The quantitative estimate of drug-likeness (QED) is 0.449. The zero-order valence-corrected chi connectivity index (χ0v) is 15.9. The van der Waals surface area contributed by atoms with Crippen molar-refractivity contribution in [2.75, 3.05) is 0 Å². The van der Waals surface area contributed by atoms with Gasteiger partial charge >= 0.3 is 0 Å². The SMILES string of the molecule is C=C(/C=C\N=C(C)C1CCCCCCC1)NC1CCCCCCC1. The molecule has 2 fully saturated rings. The van der Waals surface area contributed by atoms with E-state index < -0.39 is 0 Å². The molecule has 136 valence electrons. The smallest absolute Gasteiger partial charge is 0.0287 e. The molecule has 2 rings (SSSR count). The van der Waals surface area contributed by atoms with E-state index in [0.29, 0.717) is 12.0 Å². The van der Waals surface area contributed by atoms with Crippen molar-refractivity contribution in [2.24, 2.45) is 10.9 Å². The Morgan fingerprint density at radius 3 is 1.92 bits per heavy atom. The highest BCUT2D eigenvalue weighted by atomic mass is 14.9. The first-order valence-electron chi connectivity index (χ1n) is 10.4. The predicted octanol–water partition coefficient (Wildman–Crippen LogP) is 6.54. The molecule has 1 N–H and O–H groups in total. The van der Waals surface area contributed by atoms with Crippen LogP contribution in [0.3, 0.4) is 0 Å². The standard InChI is InChI=1S/C22H38N2/c1-19(24-22-15-11-7-4-8-12-16-22)17-18-23-20(2)21-13-9-5-3-6-10-14-21/h17-18,21-22,24H,1,3-16H2,2H3/b18-17-,23-20?. The van der Waals surface area contributed by atoms with E-state index in [9.17, 15) is 0 Å². The molecule has 2 aliphatic carbocycles. The van der Waals surface area contributed by atoms with Crippen LogP contribution in [0.15, 0.2) is 29.5 Å². The first kappa shape index (κ1) is 19.3. The van der Waals surface area contributed by atoms with E-state index >= 15 is 0 Å². The second-order valence-electron chi connectivity index (χ2n) is 7.84. The highest BCUT2D eigenvalue weighted by Gasteiger charge is 2.13. The average molecular weight is 331 g/mol. The molecule has 0 aliphatic heterocycles. The van der Waals surface area contributed by atoms with E-state index in [1.165, 1.54) is 95.6 Å². The fourth-order valence-corrected chi connectivity index (χ4v) is 4.13. The molecule has 0 atom stereocenters. The molecular weight excluding hydrogens is 292 g/mol. The van der Waals surface area contributed by atoms with Crippen LogP contribution in [0, 0.1) is 5.92 Å². The van der Waals surface area contributed by atoms with Crippen molar-refractivity contribution in [1.29, 1.82) is 0 Å². The van der Waals surface area contributed by atoms with E-state index in [0.717, 1.165) is 5.70 Å². The van der Waals surface area contributed by atoms with Gasteiger partial charge in [0.25, 0.3) is 0 Å². The van der Waals surface area contributed by atoms with Crippen molar-refractivity contribution in [1.82, 2.24) is 5.32 Å². The van der Waals surface area contributed by atoms with Gasteiger partial charge in [0.05, 0.1) is 0 Å². The van der Waals surface area contributed by atoms with Gasteiger partial charge < -0.3 is 5.32 Å². The number of nitrogens with zero attached hydrogens (tertiary/aromatic N) is 1. The Kier molecular flexibility index (Phi) is 9.23. The average Bonchev–Trinajstić information content (AvgIpc) is 2.49. The van der Waals surface area contributed by atoms with E-state index in [-0.39, 0.29) is 0 Å². The lowest BCUT2D eigenvalue weighted by molar-refractivity contribution is 0.415. The summed E-state index contributed by atoms with van der Waals surface area (Å²) in [7, 11) is 0. The summed E-state index contributed by atoms with van der Waals surface area (Å²) in [5.41, 5.74) is 2.33. The summed E-state index contributed by atoms with van der Waals surface area (Å²) in [6.45, 7) is 6.38. The summed E-state index contributed by atoms with van der Waals surface area (Å²) < 4.78 is 0. The minimum atomic E-state index is 0.609. The Bertz CT molecular complexity index is 406. The number of rotatable bonds is 5. The Morgan fingerprint density at radius 1 is 0.833 bits per heavy atom. The monoisotopic (exact) mass is 330 g/mol. The van der Waals surface area contributed by atoms with Crippen LogP contribution in [0.5, 0.6) is 0 Å². The largest absolute Gasteiger partial charge is 0.383 e. The van der Waals surface area contributed by atoms with Crippen LogP contribution >= 0.6 is 0 Å². The maximum atomic E-state index is 4.72. The number of nitrogens with one attached hydrogen (secondary N) is 1. The Labute approximate surface area is 149 Å². The summed E-state index contributed by atoms with van der Waals surface area (Å²) in [4.78, 5) is 4.72. The minimum absolute atomic E-state index is 0.609. The van der Waals surface area contributed by atoms with Gasteiger partial charge in [-0.1, -0.05) is 70.8 Å². The summed E-state index contributed by atoms with van der Waals surface area (Å²) in [6.07, 6.45) is 23.1. The van der Waals surface area contributed by atoms with Gasteiger partial charge in [-0.05, 0) is 44.6 Å². The Morgan fingerprint density at radius 2 is 1.33 bits per heavy atom. The zero-order valence-electron chi connectivity index (χ0n) is 15.9. The molecule has 2 heteroatoms. The number of hydrogen-bond donors (Lipinski definition) is 1. The van der Waals surface area contributed by atoms with E-state index in [1.807, 2.05) is 6.20 Å². The highest BCUT2D eigenvalue weighted by Crippen LogP contribution is 2.23. The van der Waals surface area contributed by atoms with Gasteiger partial charge in [0, 0.05) is 23.7 Å². The molecule has 0 saturated heterocycles. The first-order valence-corrected chi connectivity index (χ1v) is 10.4. The lowest BCUT2D eigenvalue weighted by atomic mass is 9.88. The summed E-state index contributed by atoms with van der Waals surface area (Å²) in [6, 6.07) is 0.609. The van der Waals surface area contributed by atoms with Gasteiger partial charge in [0.1, 0.15) is 0 Å². The molecule has 0 aromatic heterocycles. The molecule has 0 amide bonds. The van der Waals surface area contributed by atoms with Gasteiger partial charge in [-0.15, -0.1) is 0 Å². The highest BCUT2D eigenvalue weighted by molar-refractivity contribution is 5.84. The van der Waals surface area contributed by atoms with Crippen LogP contribution in [0.4, 0.5) is 0 Å². The normalized spacial score (nSPS) is 23.3. The summed E-state index contributed by atoms with van der Waals surface area (Å²) in [5, 5.41) is 3.61. The second kappa shape index (κ2) is 11.5. The third-order valence-corrected chi connectivity index (χ3v) is 5.74.